The van der Waals surface area contributed by atoms with Crippen molar-refractivity contribution in [1.82, 2.24) is 0 Å². The number of hydrogen-bond acceptors (Lipinski definition) is 0. The molecule has 0 unspecified atom stereocenters. The Hall–Kier alpha value is -2.74. The standard InChI is InChI=1S/2C10H9F/c1-3-8-6-5-7-10(11)9(8)4-2;1-2-6-10(11)9-7-4-3-5-8-9/h3-7H,1-2H2;2-8H,1H2. The molecule has 0 bridgehead atoms. The number of benzene rings is 2. The van der Waals surface area contributed by atoms with Gasteiger partial charge in [0.1, 0.15) is 11.6 Å². The minimum Gasteiger partial charge on any atom is -0.206 e. The van der Waals surface area contributed by atoms with Crippen molar-refractivity contribution in [3.63, 3.8) is 0 Å². The van der Waals surface area contributed by atoms with Crippen LogP contribution in [0.2, 0.25) is 0 Å². The van der Waals surface area contributed by atoms with Crippen LogP contribution >= 0.6 is 0 Å². The minimum absolute atomic E-state index is 0.249. The van der Waals surface area contributed by atoms with Gasteiger partial charge in [0, 0.05) is 11.1 Å². The summed E-state index contributed by atoms with van der Waals surface area (Å²) >= 11 is 0. The predicted octanol–water partition coefficient (Wildman–Crippen LogP) is 6.29. The summed E-state index contributed by atoms with van der Waals surface area (Å²) in [7, 11) is 0. The molecular formula is C20H18F2. The molecule has 0 heterocycles. The lowest BCUT2D eigenvalue weighted by molar-refractivity contribution is 0.625. The molecule has 0 saturated heterocycles. The van der Waals surface area contributed by atoms with Crippen molar-refractivity contribution >= 4 is 18.0 Å². The van der Waals surface area contributed by atoms with E-state index in [1.54, 1.807) is 42.5 Å². The maximum absolute atomic E-state index is 12.9. The van der Waals surface area contributed by atoms with Gasteiger partial charge in [-0.05, 0) is 17.7 Å². The summed E-state index contributed by atoms with van der Waals surface area (Å²) in [6.45, 7) is 10.5. The zero-order valence-electron chi connectivity index (χ0n) is 12.3. The van der Waals surface area contributed by atoms with Gasteiger partial charge in [0.05, 0.1) is 0 Å². The molecule has 0 amide bonds. The highest BCUT2D eigenvalue weighted by molar-refractivity contribution is 5.63. The first-order valence-electron chi connectivity index (χ1n) is 6.71. The Labute approximate surface area is 130 Å². The van der Waals surface area contributed by atoms with Crippen LogP contribution in [0.4, 0.5) is 8.78 Å². The second kappa shape index (κ2) is 9.24. The maximum Gasteiger partial charge on any atom is 0.131 e. The van der Waals surface area contributed by atoms with Crippen molar-refractivity contribution in [2.24, 2.45) is 0 Å². The average Bonchev–Trinajstić information content (AvgIpc) is 2.56. The molecular weight excluding hydrogens is 278 g/mol. The van der Waals surface area contributed by atoms with E-state index in [9.17, 15) is 8.78 Å². The van der Waals surface area contributed by atoms with E-state index in [-0.39, 0.29) is 11.6 Å². The first kappa shape index (κ1) is 17.3. The number of rotatable bonds is 4. The Morgan fingerprint density at radius 3 is 2.05 bits per heavy atom. The van der Waals surface area contributed by atoms with Crippen LogP contribution in [0.15, 0.2) is 80.4 Å². The number of halogens is 2. The molecule has 22 heavy (non-hydrogen) atoms. The van der Waals surface area contributed by atoms with E-state index in [1.807, 2.05) is 6.07 Å². The third-order valence-electron chi connectivity index (χ3n) is 2.82. The number of allylic oxidation sites excluding steroid dienone is 2. The summed E-state index contributed by atoms with van der Waals surface area (Å²) in [5, 5.41) is 0. The molecule has 112 valence electrons. The topological polar surface area (TPSA) is 0 Å². The number of hydrogen-bond donors (Lipinski definition) is 0. The Balaban J connectivity index is 0.000000220. The smallest absolute Gasteiger partial charge is 0.131 e. The minimum atomic E-state index is -0.252. The molecule has 2 heteroatoms. The Bertz CT molecular complexity index is 667. The van der Waals surface area contributed by atoms with Crippen LogP contribution in [0.3, 0.4) is 0 Å². The highest BCUT2D eigenvalue weighted by Gasteiger charge is 1.99. The van der Waals surface area contributed by atoms with Gasteiger partial charge in [0.25, 0.3) is 0 Å². The summed E-state index contributed by atoms with van der Waals surface area (Å²) in [5.74, 6) is -0.502. The van der Waals surface area contributed by atoms with Crippen LogP contribution in [0, 0.1) is 5.82 Å². The third-order valence-corrected chi connectivity index (χ3v) is 2.82. The predicted molar refractivity (Wildman–Crippen MR) is 92.3 cm³/mol. The fraction of sp³-hybridized carbons (Fsp3) is 0. The van der Waals surface area contributed by atoms with Crippen LogP contribution in [-0.4, -0.2) is 0 Å². The molecule has 0 N–H and O–H groups in total. The van der Waals surface area contributed by atoms with Crippen LogP contribution in [0.25, 0.3) is 18.0 Å². The van der Waals surface area contributed by atoms with Crippen molar-refractivity contribution in [1.29, 1.82) is 0 Å². The van der Waals surface area contributed by atoms with Crippen molar-refractivity contribution in [3.05, 3.63) is 103 Å². The largest absolute Gasteiger partial charge is 0.206 e. The molecule has 0 aliphatic carbocycles. The highest BCUT2D eigenvalue weighted by atomic mass is 19.1. The average molecular weight is 296 g/mol. The van der Waals surface area contributed by atoms with Gasteiger partial charge in [-0.15, -0.1) is 0 Å². The lowest BCUT2D eigenvalue weighted by Gasteiger charge is -2.00. The zero-order valence-corrected chi connectivity index (χ0v) is 12.3. The molecule has 2 aromatic carbocycles. The molecule has 2 aromatic rings. The lowest BCUT2D eigenvalue weighted by Crippen LogP contribution is -1.84. The summed E-state index contributed by atoms with van der Waals surface area (Å²) in [6.07, 6.45) is 5.88. The van der Waals surface area contributed by atoms with Gasteiger partial charge < -0.3 is 0 Å². The molecule has 0 aliphatic heterocycles. The summed E-state index contributed by atoms with van der Waals surface area (Å²) in [5.41, 5.74) is 1.88. The van der Waals surface area contributed by atoms with Gasteiger partial charge in [0.15, 0.2) is 0 Å². The fourth-order valence-corrected chi connectivity index (χ4v) is 1.74. The van der Waals surface area contributed by atoms with Gasteiger partial charge in [-0.1, -0.05) is 80.4 Å². The van der Waals surface area contributed by atoms with Crippen molar-refractivity contribution in [3.8, 4) is 0 Å². The van der Waals surface area contributed by atoms with Gasteiger partial charge >= 0.3 is 0 Å². The summed E-state index contributed by atoms with van der Waals surface area (Å²) in [4.78, 5) is 0. The van der Waals surface area contributed by atoms with E-state index in [1.165, 1.54) is 24.3 Å². The monoisotopic (exact) mass is 296 g/mol. The van der Waals surface area contributed by atoms with E-state index in [0.29, 0.717) is 11.1 Å². The van der Waals surface area contributed by atoms with Crippen LogP contribution in [-0.2, 0) is 0 Å². The second-order valence-electron chi connectivity index (χ2n) is 4.27. The van der Waals surface area contributed by atoms with Gasteiger partial charge in [-0.2, -0.15) is 0 Å². The van der Waals surface area contributed by atoms with E-state index < -0.39 is 0 Å². The van der Waals surface area contributed by atoms with Crippen molar-refractivity contribution in [2.45, 2.75) is 0 Å². The molecule has 0 radical (unpaired) electrons. The van der Waals surface area contributed by atoms with Gasteiger partial charge in [-0.3, -0.25) is 0 Å². The summed E-state index contributed by atoms with van der Waals surface area (Å²) < 4.78 is 25.8. The highest BCUT2D eigenvalue weighted by Crippen LogP contribution is 2.15. The van der Waals surface area contributed by atoms with Gasteiger partial charge in [0.2, 0.25) is 0 Å². The van der Waals surface area contributed by atoms with Crippen molar-refractivity contribution < 1.29 is 8.78 Å². The molecule has 2 rings (SSSR count). The normalized spacial score (nSPS) is 10.2. The first-order chi connectivity index (χ1) is 10.6. The maximum atomic E-state index is 12.9. The van der Waals surface area contributed by atoms with E-state index in [0.717, 1.165) is 5.56 Å². The fourth-order valence-electron chi connectivity index (χ4n) is 1.74. The quantitative estimate of drug-likeness (QED) is 0.581. The molecule has 0 saturated carbocycles. The van der Waals surface area contributed by atoms with Gasteiger partial charge in [-0.25, -0.2) is 8.78 Å². The molecule has 0 atom stereocenters. The third kappa shape index (κ3) is 4.98. The molecule has 0 fully saturated rings. The van der Waals surface area contributed by atoms with Crippen molar-refractivity contribution in [2.75, 3.05) is 0 Å². The second-order valence-corrected chi connectivity index (χ2v) is 4.27. The summed E-state index contributed by atoms with van der Waals surface area (Å²) in [6, 6.07) is 13.7. The van der Waals surface area contributed by atoms with Crippen LogP contribution < -0.4 is 0 Å². The molecule has 0 spiro atoms. The van der Waals surface area contributed by atoms with E-state index in [4.69, 9.17) is 0 Å². The molecule has 0 aliphatic rings. The Kier molecular flexibility index (Phi) is 7.27. The van der Waals surface area contributed by atoms with Crippen LogP contribution in [0.1, 0.15) is 16.7 Å². The first-order valence-corrected chi connectivity index (χ1v) is 6.71. The lowest BCUT2D eigenvalue weighted by atomic mass is 10.1. The SMILES string of the molecule is C=CC=C(F)c1ccccc1.C=Cc1cccc(F)c1C=C. The Morgan fingerprint density at radius 2 is 1.55 bits per heavy atom. The van der Waals surface area contributed by atoms with E-state index in [2.05, 4.69) is 19.7 Å². The Morgan fingerprint density at radius 1 is 0.864 bits per heavy atom. The van der Waals surface area contributed by atoms with E-state index >= 15 is 0 Å². The molecule has 0 nitrogen and oxygen atoms in total. The zero-order chi connectivity index (χ0) is 16.4. The van der Waals surface area contributed by atoms with Crippen LogP contribution in [0.5, 0.6) is 0 Å². The molecule has 0 aromatic heterocycles.